The number of urea groups is 1. The number of amides is 3. The van der Waals surface area contributed by atoms with Crippen LogP contribution in [0.5, 0.6) is 0 Å². The van der Waals surface area contributed by atoms with E-state index < -0.39 is 0 Å². The van der Waals surface area contributed by atoms with Crippen molar-refractivity contribution in [3.05, 3.63) is 24.0 Å². The molecule has 22 heavy (non-hydrogen) atoms. The fraction of sp³-hybridized carbons (Fsp3) is 0.625. The Morgan fingerprint density at radius 1 is 1.18 bits per heavy atom. The van der Waals surface area contributed by atoms with E-state index in [4.69, 9.17) is 0 Å². The highest BCUT2D eigenvalue weighted by Gasteiger charge is 2.21. The molecule has 0 atom stereocenters. The van der Waals surface area contributed by atoms with Gasteiger partial charge in [-0.25, -0.2) is 4.79 Å². The monoisotopic (exact) mass is 306 g/mol. The Balaban J connectivity index is 1.84. The van der Waals surface area contributed by atoms with Crippen molar-refractivity contribution < 1.29 is 9.59 Å². The SMILES string of the molecule is CCCNC(=O)N1CCCN(C(=O)Cc2ccn(C)c2)CC1. The molecule has 1 aromatic rings. The van der Waals surface area contributed by atoms with Gasteiger partial charge in [-0.3, -0.25) is 4.79 Å². The second-order valence-corrected chi connectivity index (χ2v) is 5.82. The number of hydrogen-bond acceptors (Lipinski definition) is 2. The summed E-state index contributed by atoms with van der Waals surface area (Å²) >= 11 is 0. The molecule has 2 rings (SSSR count). The average molecular weight is 306 g/mol. The third-order valence-corrected chi connectivity index (χ3v) is 3.91. The predicted octanol–water partition coefficient (Wildman–Crippen LogP) is 1.22. The zero-order valence-corrected chi connectivity index (χ0v) is 13.5. The Morgan fingerprint density at radius 2 is 1.91 bits per heavy atom. The van der Waals surface area contributed by atoms with Crippen molar-refractivity contribution in [2.24, 2.45) is 7.05 Å². The van der Waals surface area contributed by atoms with Gasteiger partial charge in [0.05, 0.1) is 6.42 Å². The summed E-state index contributed by atoms with van der Waals surface area (Å²) in [6, 6.07) is 1.96. The summed E-state index contributed by atoms with van der Waals surface area (Å²) in [4.78, 5) is 28.1. The second kappa shape index (κ2) is 7.87. The molecule has 0 saturated carbocycles. The molecular formula is C16H26N4O2. The Hall–Kier alpha value is -1.98. The number of carbonyl (C=O) groups excluding carboxylic acids is 2. The molecule has 6 nitrogen and oxygen atoms in total. The van der Waals surface area contributed by atoms with Gasteiger partial charge in [0.1, 0.15) is 0 Å². The van der Waals surface area contributed by atoms with Crippen molar-refractivity contribution in [3.8, 4) is 0 Å². The molecule has 6 heteroatoms. The highest BCUT2D eigenvalue weighted by molar-refractivity contribution is 5.79. The van der Waals surface area contributed by atoms with E-state index in [0.29, 0.717) is 32.6 Å². The lowest BCUT2D eigenvalue weighted by Gasteiger charge is -2.22. The minimum Gasteiger partial charge on any atom is -0.357 e. The summed E-state index contributed by atoms with van der Waals surface area (Å²) < 4.78 is 1.95. The van der Waals surface area contributed by atoms with Gasteiger partial charge in [0.25, 0.3) is 0 Å². The quantitative estimate of drug-likeness (QED) is 0.909. The Kier molecular flexibility index (Phi) is 5.86. The Morgan fingerprint density at radius 3 is 2.59 bits per heavy atom. The Labute approximate surface area is 132 Å². The first kappa shape index (κ1) is 16.4. The van der Waals surface area contributed by atoms with E-state index in [0.717, 1.165) is 24.9 Å². The minimum atomic E-state index is -0.0146. The third-order valence-electron chi connectivity index (χ3n) is 3.91. The molecule has 1 aromatic heterocycles. The van der Waals surface area contributed by atoms with Crippen molar-refractivity contribution in [1.82, 2.24) is 19.7 Å². The van der Waals surface area contributed by atoms with Crippen molar-refractivity contribution in [2.45, 2.75) is 26.2 Å². The zero-order valence-electron chi connectivity index (χ0n) is 13.5. The molecule has 2 heterocycles. The number of hydrogen-bond donors (Lipinski definition) is 1. The molecule has 1 aliphatic rings. The van der Waals surface area contributed by atoms with Gasteiger partial charge >= 0.3 is 6.03 Å². The standard InChI is InChI=1S/C16H26N4O2/c1-3-6-17-16(22)20-8-4-7-19(10-11-20)15(21)12-14-5-9-18(2)13-14/h5,9,13H,3-4,6-8,10-12H2,1-2H3,(H,17,22). The van der Waals surface area contributed by atoms with Crippen LogP contribution in [0.15, 0.2) is 18.5 Å². The number of rotatable bonds is 4. The zero-order chi connectivity index (χ0) is 15.9. The van der Waals surface area contributed by atoms with Gasteiger partial charge in [0, 0.05) is 52.2 Å². The van der Waals surface area contributed by atoms with E-state index in [1.54, 1.807) is 0 Å². The van der Waals surface area contributed by atoms with Crippen molar-refractivity contribution in [1.29, 1.82) is 0 Å². The topological polar surface area (TPSA) is 57.6 Å². The molecule has 1 aliphatic heterocycles. The maximum absolute atomic E-state index is 12.4. The molecular weight excluding hydrogens is 280 g/mol. The minimum absolute atomic E-state index is 0.0146. The third kappa shape index (κ3) is 4.51. The molecule has 0 spiro atoms. The van der Waals surface area contributed by atoms with Gasteiger partial charge < -0.3 is 19.7 Å². The highest BCUT2D eigenvalue weighted by Crippen LogP contribution is 2.08. The number of nitrogens with zero attached hydrogens (tertiary/aromatic N) is 3. The van der Waals surface area contributed by atoms with Gasteiger partial charge in [0.2, 0.25) is 5.91 Å². The normalized spacial score (nSPS) is 15.5. The molecule has 0 bridgehead atoms. The molecule has 0 aliphatic carbocycles. The van der Waals surface area contributed by atoms with Crippen LogP contribution >= 0.6 is 0 Å². The van der Waals surface area contributed by atoms with Crippen LogP contribution in [-0.2, 0) is 18.3 Å². The number of carbonyl (C=O) groups is 2. The molecule has 1 N–H and O–H groups in total. The van der Waals surface area contributed by atoms with E-state index in [1.165, 1.54) is 0 Å². The lowest BCUT2D eigenvalue weighted by molar-refractivity contribution is -0.130. The largest absolute Gasteiger partial charge is 0.357 e. The molecule has 0 unspecified atom stereocenters. The molecule has 0 radical (unpaired) electrons. The summed E-state index contributed by atoms with van der Waals surface area (Å²) in [5.74, 6) is 0.141. The Bertz CT molecular complexity index is 512. The van der Waals surface area contributed by atoms with Gasteiger partial charge in [-0.15, -0.1) is 0 Å². The number of aromatic nitrogens is 1. The van der Waals surface area contributed by atoms with E-state index in [9.17, 15) is 9.59 Å². The summed E-state index contributed by atoms with van der Waals surface area (Å²) in [6.45, 7) is 5.40. The molecule has 122 valence electrons. The van der Waals surface area contributed by atoms with Gasteiger partial charge in [-0.1, -0.05) is 6.92 Å². The van der Waals surface area contributed by atoms with Gasteiger partial charge in [-0.05, 0) is 24.5 Å². The van der Waals surface area contributed by atoms with Crippen LogP contribution in [0.25, 0.3) is 0 Å². The first-order valence-electron chi connectivity index (χ1n) is 8.01. The van der Waals surface area contributed by atoms with Crippen molar-refractivity contribution in [2.75, 3.05) is 32.7 Å². The van der Waals surface area contributed by atoms with E-state index in [1.807, 2.05) is 46.8 Å². The van der Waals surface area contributed by atoms with E-state index >= 15 is 0 Å². The van der Waals surface area contributed by atoms with Gasteiger partial charge in [0.15, 0.2) is 0 Å². The van der Waals surface area contributed by atoms with Crippen LogP contribution in [-0.4, -0.2) is 59.0 Å². The maximum Gasteiger partial charge on any atom is 0.317 e. The van der Waals surface area contributed by atoms with Crippen LogP contribution in [0, 0.1) is 0 Å². The van der Waals surface area contributed by atoms with E-state index in [2.05, 4.69) is 5.32 Å². The predicted molar refractivity (Wildman–Crippen MR) is 85.6 cm³/mol. The first-order valence-corrected chi connectivity index (χ1v) is 8.01. The number of nitrogens with one attached hydrogen (secondary N) is 1. The average Bonchev–Trinajstić information content (AvgIpc) is 2.77. The number of aryl methyl sites for hydroxylation is 1. The van der Waals surface area contributed by atoms with Crippen LogP contribution in [0.2, 0.25) is 0 Å². The maximum atomic E-state index is 12.4. The summed E-state index contributed by atoms with van der Waals surface area (Å²) in [6.07, 6.45) is 6.12. The molecule has 1 saturated heterocycles. The van der Waals surface area contributed by atoms with Crippen molar-refractivity contribution >= 4 is 11.9 Å². The molecule has 3 amide bonds. The second-order valence-electron chi connectivity index (χ2n) is 5.82. The highest BCUT2D eigenvalue weighted by atomic mass is 16.2. The summed E-state index contributed by atoms with van der Waals surface area (Å²) in [7, 11) is 1.95. The van der Waals surface area contributed by atoms with Gasteiger partial charge in [-0.2, -0.15) is 0 Å². The lowest BCUT2D eigenvalue weighted by Crippen LogP contribution is -2.43. The summed E-state index contributed by atoms with van der Waals surface area (Å²) in [5.41, 5.74) is 1.04. The van der Waals surface area contributed by atoms with Crippen molar-refractivity contribution in [3.63, 3.8) is 0 Å². The summed E-state index contributed by atoms with van der Waals surface area (Å²) in [5, 5.41) is 2.90. The molecule has 0 aromatic carbocycles. The fourth-order valence-electron chi connectivity index (χ4n) is 2.67. The van der Waals surface area contributed by atoms with Crippen LogP contribution in [0.4, 0.5) is 4.79 Å². The first-order chi connectivity index (χ1) is 10.6. The van der Waals surface area contributed by atoms with E-state index in [-0.39, 0.29) is 11.9 Å². The molecule has 1 fully saturated rings. The lowest BCUT2D eigenvalue weighted by atomic mass is 10.2. The smallest absolute Gasteiger partial charge is 0.317 e. The van der Waals surface area contributed by atoms with Crippen LogP contribution in [0.1, 0.15) is 25.3 Å². The fourth-order valence-corrected chi connectivity index (χ4v) is 2.67. The van der Waals surface area contributed by atoms with Crippen LogP contribution in [0.3, 0.4) is 0 Å². The van der Waals surface area contributed by atoms with Crippen LogP contribution < -0.4 is 5.32 Å².